The van der Waals surface area contributed by atoms with Crippen LogP contribution >= 0.6 is 0 Å². The molecule has 1 rings (SSSR count). The number of nitrogens with one attached hydrogen (secondary N) is 1. The monoisotopic (exact) mass is 303 g/mol. The lowest BCUT2D eigenvalue weighted by molar-refractivity contribution is -0.389. The molecule has 0 saturated carbocycles. The van der Waals surface area contributed by atoms with Crippen LogP contribution in [0.5, 0.6) is 0 Å². The SMILES string of the molecule is CCOC(=O)CCNS(=O)(=O)c1ccc([N+](=O)[O-])nc1. The van der Waals surface area contributed by atoms with Crippen molar-refractivity contribution >= 4 is 21.8 Å². The standard InChI is InChI=1S/C10H13N3O6S/c1-2-19-10(14)5-6-12-20(17,18)8-3-4-9(11-7-8)13(15)16/h3-4,7,12H,2,5-6H2,1H3. The molecule has 0 unspecified atom stereocenters. The summed E-state index contributed by atoms with van der Waals surface area (Å²) in [5, 5.41) is 10.4. The van der Waals surface area contributed by atoms with Crippen LogP contribution in [0.15, 0.2) is 23.2 Å². The van der Waals surface area contributed by atoms with E-state index in [-0.39, 0.29) is 24.5 Å². The van der Waals surface area contributed by atoms with Crippen LogP contribution in [-0.4, -0.2) is 37.4 Å². The summed E-state index contributed by atoms with van der Waals surface area (Å²) in [5.74, 6) is -0.965. The van der Waals surface area contributed by atoms with Gasteiger partial charge in [-0.15, -0.1) is 0 Å². The summed E-state index contributed by atoms with van der Waals surface area (Å²) in [6.07, 6.45) is 0.776. The number of sulfonamides is 1. The van der Waals surface area contributed by atoms with Crippen molar-refractivity contribution in [2.24, 2.45) is 0 Å². The van der Waals surface area contributed by atoms with Gasteiger partial charge in [-0.3, -0.25) is 4.79 Å². The predicted molar refractivity (Wildman–Crippen MR) is 67.3 cm³/mol. The molecule has 1 N–H and O–H groups in total. The number of rotatable bonds is 7. The van der Waals surface area contributed by atoms with Crippen LogP contribution < -0.4 is 4.72 Å². The highest BCUT2D eigenvalue weighted by Crippen LogP contribution is 2.11. The molecule has 0 saturated heterocycles. The van der Waals surface area contributed by atoms with Crippen molar-refractivity contribution in [2.45, 2.75) is 18.2 Å². The quantitative estimate of drug-likeness (QED) is 0.433. The molecule has 1 heterocycles. The fraction of sp³-hybridized carbons (Fsp3) is 0.400. The van der Waals surface area contributed by atoms with E-state index in [0.29, 0.717) is 0 Å². The summed E-state index contributed by atoms with van der Waals surface area (Å²) in [6.45, 7) is 1.74. The third-order valence-corrected chi connectivity index (χ3v) is 3.59. The lowest BCUT2D eigenvalue weighted by Gasteiger charge is -2.05. The maximum Gasteiger partial charge on any atom is 0.363 e. The van der Waals surface area contributed by atoms with Gasteiger partial charge < -0.3 is 14.9 Å². The van der Waals surface area contributed by atoms with E-state index in [2.05, 4.69) is 14.4 Å². The number of nitrogens with zero attached hydrogens (tertiary/aromatic N) is 2. The average molecular weight is 303 g/mol. The molecule has 0 spiro atoms. The third kappa shape index (κ3) is 4.55. The Morgan fingerprint density at radius 2 is 2.20 bits per heavy atom. The Bertz CT molecular complexity index is 584. The zero-order valence-electron chi connectivity index (χ0n) is 10.6. The number of pyridine rings is 1. The van der Waals surface area contributed by atoms with Gasteiger partial charge >= 0.3 is 11.8 Å². The Balaban J connectivity index is 2.64. The van der Waals surface area contributed by atoms with Gasteiger partial charge in [0.15, 0.2) is 6.20 Å². The largest absolute Gasteiger partial charge is 0.466 e. The number of hydrogen-bond acceptors (Lipinski definition) is 7. The summed E-state index contributed by atoms with van der Waals surface area (Å²) >= 11 is 0. The Morgan fingerprint density at radius 1 is 1.50 bits per heavy atom. The molecule has 1 aromatic rings. The van der Waals surface area contributed by atoms with Gasteiger partial charge in [0.25, 0.3) is 0 Å². The minimum Gasteiger partial charge on any atom is -0.466 e. The third-order valence-electron chi connectivity index (χ3n) is 2.14. The molecular formula is C10H13N3O6S. The van der Waals surface area contributed by atoms with Crippen LogP contribution in [0.1, 0.15) is 13.3 Å². The summed E-state index contributed by atoms with van der Waals surface area (Å²) in [5.41, 5.74) is 0. The molecule has 0 fully saturated rings. The van der Waals surface area contributed by atoms with E-state index in [0.717, 1.165) is 18.3 Å². The number of ether oxygens (including phenoxy) is 1. The zero-order chi connectivity index (χ0) is 15.2. The van der Waals surface area contributed by atoms with Crippen molar-refractivity contribution in [3.63, 3.8) is 0 Å². The fourth-order valence-corrected chi connectivity index (χ4v) is 2.22. The molecule has 9 nitrogen and oxygen atoms in total. The molecule has 0 aliphatic heterocycles. The van der Waals surface area contributed by atoms with Crippen molar-refractivity contribution < 1.29 is 22.9 Å². The number of nitro groups is 1. The molecular weight excluding hydrogens is 290 g/mol. The van der Waals surface area contributed by atoms with E-state index < -0.39 is 26.7 Å². The summed E-state index contributed by atoms with van der Waals surface area (Å²) < 4.78 is 30.4. The Labute approximate surface area is 115 Å². The Morgan fingerprint density at radius 3 is 2.70 bits per heavy atom. The molecule has 0 aliphatic carbocycles. The number of esters is 1. The van der Waals surface area contributed by atoms with E-state index >= 15 is 0 Å². The maximum atomic E-state index is 11.8. The predicted octanol–water partition coefficient (Wildman–Crippen LogP) is 0.221. The molecule has 0 radical (unpaired) electrons. The van der Waals surface area contributed by atoms with Crippen molar-refractivity contribution in [3.05, 3.63) is 28.4 Å². The second-order valence-electron chi connectivity index (χ2n) is 3.56. The van der Waals surface area contributed by atoms with E-state index in [1.165, 1.54) is 0 Å². The first kappa shape index (κ1) is 16.0. The smallest absolute Gasteiger partial charge is 0.363 e. The number of carbonyl (C=O) groups is 1. The van der Waals surface area contributed by atoms with E-state index in [4.69, 9.17) is 0 Å². The van der Waals surface area contributed by atoms with Crippen LogP contribution in [0, 0.1) is 10.1 Å². The van der Waals surface area contributed by atoms with Gasteiger partial charge in [0.05, 0.1) is 13.0 Å². The topological polar surface area (TPSA) is 128 Å². The lowest BCUT2D eigenvalue weighted by Crippen LogP contribution is -2.26. The highest BCUT2D eigenvalue weighted by atomic mass is 32.2. The Kier molecular flexibility index (Phi) is 5.53. The molecule has 0 aliphatic rings. The van der Waals surface area contributed by atoms with Gasteiger partial charge in [0.2, 0.25) is 10.0 Å². The molecule has 20 heavy (non-hydrogen) atoms. The van der Waals surface area contributed by atoms with Gasteiger partial charge in [-0.25, -0.2) is 13.1 Å². The first-order chi connectivity index (χ1) is 9.36. The number of hydrogen-bond donors (Lipinski definition) is 1. The summed E-state index contributed by atoms with van der Waals surface area (Å²) in [4.78, 5) is 23.9. The van der Waals surface area contributed by atoms with Crippen LogP contribution in [0.4, 0.5) is 5.82 Å². The number of aromatic nitrogens is 1. The minimum atomic E-state index is -3.86. The molecule has 0 amide bonds. The molecule has 110 valence electrons. The van der Waals surface area contributed by atoms with Crippen molar-refractivity contribution in [2.75, 3.05) is 13.2 Å². The van der Waals surface area contributed by atoms with Crippen molar-refractivity contribution in [1.82, 2.24) is 9.71 Å². The normalized spacial score (nSPS) is 11.1. The van der Waals surface area contributed by atoms with Gasteiger partial charge in [0.1, 0.15) is 4.90 Å². The second-order valence-corrected chi connectivity index (χ2v) is 5.33. The maximum absolute atomic E-state index is 11.8. The number of carbonyl (C=O) groups excluding carboxylic acids is 1. The van der Waals surface area contributed by atoms with Crippen LogP contribution in [0.25, 0.3) is 0 Å². The first-order valence-electron chi connectivity index (χ1n) is 5.62. The zero-order valence-corrected chi connectivity index (χ0v) is 11.4. The molecule has 1 aromatic heterocycles. The minimum absolute atomic E-state index is 0.104. The van der Waals surface area contributed by atoms with Crippen LogP contribution in [0.2, 0.25) is 0 Å². The molecule has 10 heteroatoms. The fourth-order valence-electron chi connectivity index (χ4n) is 1.24. The van der Waals surface area contributed by atoms with Crippen molar-refractivity contribution in [1.29, 1.82) is 0 Å². The highest BCUT2D eigenvalue weighted by molar-refractivity contribution is 7.89. The first-order valence-corrected chi connectivity index (χ1v) is 7.11. The van der Waals surface area contributed by atoms with Crippen LogP contribution in [0.3, 0.4) is 0 Å². The van der Waals surface area contributed by atoms with Gasteiger partial charge in [-0.1, -0.05) is 0 Å². The second kappa shape index (κ2) is 6.91. The lowest BCUT2D eigenvalue weighted by atomic mass is 10.4. The van der Waals surface area contributed by atoms with Crippen molar-refractivity contribution in [3.8, 4) is 0 Å². The van der Waals surface area contributed by atoms with E-state index in [9.17, 15) is 23.3 Å². The molecule has 0 atom stereocenters. The van der Waals surface area contributed by atoms with Gasteiger partial charge in [0, 0.05) is 12.6 Å². The van der Waals surface area contributed by atoms with Crippen LogP contribution in [-0.2, 0) is 19.6 Å². The highest BCUT2D eigenvalue weighted by Gasteiger charge is 2.18. The van der Waals surface area contributed by atoms with Gasteiger partial charge in [-0.05, 0) is 22.9 Å². The van der Waals surface area contributed by atoms with E-state index in [1.54, 1.807) is 6.92 Å². The average Bonchev–Trinajstić information content (AvgIpc) is 2.39. The molecule has 0 aromatic carbocycles. The molecule has 0 bridgehead atoms. The summed E-state index contributed by atoms with van der Waals surface area (Å²) in [7, 11) is -3.86. The Hall–Kier alpha value is -2.07. The summed E-state index contributed by atoms with van der Waals surface area (Å²) in [6, 6.07) is 2.05. The van der Waals surface area contributed by atoms with Gasteiger partial charge in [-0.2, -0.15) is 0 Å². The van der Waals surface area contributed by atoms with E-state index in [1.807, 2.05) is 0 Å².